The molecule has 2 aromatic rings. The van der Waals surface area contributed by atoms with Crippen molar-refractivity contribution in [2.45, 2.75) is 38.6 Å². The van der Waals surface area contributed by atoms with Gasteiger partial charge >= 0.3 is 0 Å². The smallest absolute Gasteiger partial charge is 0.211 e. The Bertz CT molecular complexity index is 815. The SMILES string of the molecule is CC(C)n1cc(-c2cncc([C@H]3CCCN(S(C)(=O)=O)C3)n2)cn1. The number of aromatic nitrogens is 4. The Morgan fingerprint density at radius 2 is 2.04 bits per heavy atom. The van der Waals surface area contributed by atoms with Crippen LogP contribution in [0.15, 0.2) is 24.8 Å². The number of hydrogen-bond acceptors (Lipinski definition) is 5. The van der Waals surface area contributed by atoms with Gasteiger partial charge in [0.05, 0.1) is 30.0 Å². The molecular formula is C16H23N5O2S. The number of hydrogen-bond donors (Lipinski definition) is 0. The molecule has 0 aliphatic carbocycles. The van der Waals surface area contributed by atoms with E-state index in [1.165, 1.54) is 10.6 Å². The van der Waals surface area contributed by atoms with Crippen LogP contribution in [0.2, 0.25) is 0 Å². The maximum atomic E-state index is 11.8. The Morgan fingerprint density at radius 3 is 2.71 bits per heavy atom. The van der Waals surface area contributed by atoms with Crippen molar-refractivity contribution >= 4 is 10.0 Å². The van der Waals surface area contributed by atoms with E-state index in [0.717, 1.165) is 29.8 Å². The normalized spacial score (nSPS) is 19.8. The van der Waals surface area contributed by atoms with E-state index in [1.807, 2.05) is 10.9 Å². The third-order valence-electron chi connectivity index (χ3n) is 4.35. The summed E-state index contributed by atoms with van der Waals surface area (Å²) in [4.78, 5) is 9.03. The summed E-state index contributed by atoms with van der Waals surface area (Å²) in [6, 6.07) is 0.288. The Balaban J connectivity index is 1.84. The highest BCUT2D eigenvalue weighted by Gasteiger charge is 2.28. The zero-order valence-electron chi connectivity index (χ0n) is 14.3. The molecule has 1 fully saturated rings. The largest absolute Gasteiger partial charge is 0.270 e. The van der Waals surface area contributed by atoms with Crippen LogP contribution in [0.3, 0.4) is 0 Å². The molecule has 130 valence electrons. The van der Waals surface area contributed by atoms with E-state index < -0.39 is 10.0 Å². The van der Waals surface area contributed by atoms with E-state index in [1.54, 1.807) is 18.6 Å². The first kappa shape index (κ1) is 17.0. The van der Waals surface area contributed by atoms with Crippen LogP contribution >= 0.6 is 0 Å². The average molecular weight is 349 g/mol. The third-order valence-corrected chi connectivity index (χ3v) is 5.62. The van der Waals surface area contributed by atoms with Gasteiger partial charge in [-0.1, -0.05) is 0 Å². The minimum atomic E-state index is -3.16. The highest BCUT2D eigenvalue weighted by molar-refractivity contribution is 7.88. The molecule has 0 saturated carbocycles. The first-order valence-corrected chi connectivity index (χ1v) is 10.0. The average Bonchev–Trinajstić information content (AvgIpc) is 3.05. The topological polar surface area (TPSA) is 81.0 Å². The summed E-state index contributed by atoms with van der Waals surface area (Å²) in [5, 5.41) is 4.34. The summed E-state index contributed by atoms with van der Waals surface area (Å²) < 4.78 is 27.0. The second-order valence-corrected chi connectivity index (χ2v) is 8.57. The molecule has 1 atom stereocenters. The van der Waals surface area contributed by atoms with Crippen LogP contribution in [0.5, 0.6) is 0 Å². The molecule has 0 aromatic carbocycles. The quantitative estimate of drug-likeness (QED) is 0.844. The van der Waals surface area contributed by atoms with Crippen molar-refractivity contribution < 1.29 is 8.42 Å². The van der Waals surface area contributed by atoms with Gasteiger partial charge in [-0.15, -0.1) is 0 Å². The number of sulfonamides is 1. The summed E-state index contributed by atoms with van der Waals surface area (Å²) in [5.74, 6) is 0.0843. The maximum absolute atomic E-state index is 11.8. The second kappa shape index (κ2) is 6.60. The van der Waals surface area contributed by atoms with Crippen LogP contribution in [-0.2, 0) is 10.0 Å². The lowest BCUT2D eigenvalue weighted by atomic mass is 9.96. The van der Waals surface area contributed by atoms with Gasteiger partial charge in [0.15, 0.2) is 0 Å². The van der Waals surface area contributed by atoms with Gasteiger partial charge < -0.3 is 0 Å². The van der Waals surface area contributed by atoms with Crippen LogP contribution in [0.1, 0.15) is 44.3 Å². The highest BCUT2D eigenvalue weighted by atomic mass is 32.2. The van der Waals surface area contributed by atoms with Crippen LogP contribution in [-0.4, -0.2) is 51.8 Å². The molecule has 24 heavy (non-hydrogen) atoms. The number of rotatable bonds is 4. The van der Waals surface area contributed by atoms with Gasteiger partial charge in [0.1, 0.15) is 0 Å². The molecule has 1 saturated heterocycles. The molecule has 7 nitrogen and oxygen atoms in total. The molecule has 0 amide bonds. The van der Waals surface area contributed by atoms with Gasteiger partial charge in [0.25, 0.3) is 0 Å². The van der Waals surface area contributed by atoms with Crippen molar-refractivity contribution in [3.8, 4) is 11.3 Å². The molecule has 1 aliphatic heterocycles. The molecule has 0 bridgehead atoms. The Kier molecular flexibility index (Phi) is 4.69. The zero-order chi connectivity index (χ0) is 17.3. The second-order valence-electron chi connectivity index (χ2n) is 6.59. The molecular weight excluding hydrogens is 326 g/mol. The fourth-order valence-electron chi connectivity index (χ4n) is 2.95. The lowest BCUT2D eigenvalue weighted by Crippen LogP contribution is -2.38. The Labute approximate surface area is 142 Å². The first-order valence-electron chi connectivity index (χ1n) is 8.16. The van der Waals surface area contributed by atoms with Gasteiger partial charge in [-0.3, -0.25) is 9.67 Å². The van der Waals surface area contributed by atoms with E-state index in [9.17, 15) is 8.42 Å². The van der Waals surface area contributed by atoms with Crippen molar-refractivity contribution in [2.24, 2.45) is 0 Å². The monoisotopic (exact) mass is 349 g/mol. The number of piperidine rings is 1. The van der Waals surface area contributed by atoms with Gasteiger partial charge in [-0.2, -0.15) is 5.10 Å². The zero-order valence-corrected chi connectivity index (χ0v) is 15.1. The van der Waals surface area contributed by atoms with E-state index >= 15 is 0 Å². The fraction of sp³-hybridized carbons (Fsp3) is 0.562. The van der Waals surface area contributed by atoms with Crippen LogP contribution in [0.25, 0.3) is 11.3 Å². The van der Waals surface area contributed by atoms with Crippen LogP contribution in [0.4, 0.5) is 0 Å². The summed E-state index contributed by atoms with van der Waals surface area (Å²) >= 11 is 0. The molecule has 8 heteroatoms. The molecule has 2 aromatic heterocycles. The van der Waals surface area contributed by atoms with Crippen molar-refractivity contribution in [2.75, 3.05) is 19.3 Å². The highest BCUT2D eigenvalue weighted by Crippen LogP contribution is 2.28. The summed E-state index contributed by atoms with van der Waals surface area (Å²) in [7, 11) is -3.16. The lowest BCUT2D eigenvalue weighted by Gasteiger charge is -2.30. The van der Waals surface area contributed by atoms with Crippen LogP contribution < -0.4 is 0 Å². The van der Waals surface area contributed by atoms with Crippen molar-refractivity contribution in [1.82, 2.24) is 24.1 Å². The van der Waals surface area contributed by atoms with Crippen molar-refractivity contribution in [1.29, 1.82) is 0 Å². The Morgan fingerprint density at radius 1 is 1.25 bits per heavy atom. The molecule has 0 radical (unpaired) electrons. The van der Waals surface area contributed by atoms with E-state index in [4.69, 9.17) is 4.98 Å². The van der Waals surface area contributed by atoms with Gasteiger partial charge in [0.2, 0.25) is 10.0 Å². The molecule has 1 aliphatic rings. The number of nitrogens with zero attached hydrogens (tertiary/aromatic N) is 5. The minimum absolute atomic E-state index is 0.0843. The van der Waals surface area contributed by atoms with Gasteiger partial charge in [-0.05, 0) is 26.7 Å². The fourth-order valence-corrected chi connectivity index (χ4v) is 3.87. The predicted octanol–water partition coefficient (Wildman–Crippen LogP) is 2.06. The summed E-state index contributed by atoms with van der Waals surface area (Å²) in [6.07, 6.45) is 10.2. The van der Waals surface area contributed by atoms with Crippen LogP contribution in [0, 0.1) is 0 Å². The van der Waals surface area contributed by atoms with Gasteiger partial charge in [-0.25, -0.2) is 17.7 Å². The predicted molar refractivity (Wildman–Crippen MR) is 92.0 cm³/mol. The first-order chi connectivity index (χ1) is 11.3. The van der Waals surface area contributed by atoms with E-state index in [0.29, 0.717) is 13.1 Å². The lowest BCUT2D eigenvalue weighted by molar-refractivity contribution is 0.314. The van der Waals surface area contributed by atoms with Crippen molar-refractivity contribution in [3.05, 3.63) is 30.5 Å². The molecule has 3 heterocycles. The maximum Gasteiger partial charge on any atom is 0.211 e. The molecule has 0 N–H and O–H groups in total. The Hall–Kier alpha value is -1.80. The standard InChI is InChI=1S/C16H23N5O2S/c1-12(2)21-11-14(7-18-21)16-9-17-8-15(19-16)13-5-4-6-20(10-13)24(3,22)23/h7-9,11-13H,4-6,10H2,1-3H3/t13-/m0/s1. The van der Waals surface area contributed by atoms with Gasteiger partial charge in [0, 0.05) is 43.0 Å². The third kappa shape index (κ3) is 3.64. The minimum Gasteiger partial charge on any atom is -0.270 e. The summed E-state index contributed by atoms with van der Waals surface area (Å²) in [6.45, 7) is 5.20. The summed E-state index contributed by atoms with van der Waals surface area (Å²) in [5.41, 5.74) is 2.54. The van der Waals surface area contributed by atoms with E-state index in [-0.39, 0.29) is 12.0 Å². The van der Waals surface area contributed by atoms with Crippen molar-refractivity contribution in [3.63, 3.8) is 0 Å². The van der Waals surface area contributed by atoms with E-state index in [2.05, 4.69) is 23.9 Å². The molecule has 0 spiro atoms. The molecule has 0 unspecified atom stereocenters. The molecule has 3 rings (SSSR count).